The highest BCUT2D eigenvalue weighted by Gasteiger charge is 2.19. The third kappa shape index (κ3) is 3.01. The molecule has 4 heteroatoms. The summed E-state index contributed by atoms with van der Waals surface area (Å²) in [6, 6.07) is 10.9. The zero-order valence-electron chi connectivity index (χ0n) is 13.1. The summed E-state index contributed by atoms with van der Waals surface area (Å²) in [5.41, 5.74) is 4.90. The molecule has 4 nitrogen and oxygen atoms in total. The second-order valence-corrected chi connectivity index (χ2v) is 5.99. The number of aromatic nitrogens is 2. The summed E-state index contributed by atoms with van der Waals surface area (Å²) in [5.74, 6) is 0. The van der Waals surface area contributed by atoms with Crippen molar-refractivity contribution >= 4 is 0 Å². The van der Waals surface area contributed by atoms with Crippen LogP contribution in [0.5, 0.6) is 0 Å². The fourth-order valence-corrected chi connectivity index (χ4v) is 3.10. The van der Waals surface area contributed by atoms with Crippen LogP contribution in [0.15, 0.2) is 30.3 Å². The molecule has 0 saturated carbocycles. The van der Waals surface area contributed by atoms with Crippen molar-refractivity contribution in [2.45, 2.75) is 33.4 Å². The van der Waals surface area contributed by atoms with Gasteiger partial charge in [-0.05, 0) is 32.9 Å². The Bertz CT molecular complexity index is 603. The second kappa shape index (κ2) is 6.00. The van der Waals surface area contributed by atoms with Gasteiger partial charge in [-0.2, -0.15) is 5.10 Å². The van der Waals surface area contributed by atoms with Gasteiger partial charge in [0, 0.05) is 43.5 Å². The highest BCUT2D eigenvalue weighted by Crippen LogP contribution is 2.20. The Morgan fingerprint density at radius 2 is 2.00 bits per heavy atom. The lowest BCUT2D eigenvalue weighted by molar-refractivity contribution is 0.199. The minimum Gasteiger partial charge on any atom is -0.312 e. The van der Waals surface area contributed by atoms with E-state index in [9.17, 15) is 0 Å². The first-order valence-electron chi connectivity index (χ1n) is 7.71. The SMILES string of the molecule is Cc1nn(-c2ccccc2)c(C)c1CN1CCN[C@H](C)C1. The molecule has 1 N–H and O–H groups in total. The molecule has 0 spiro atoms. The van der Waals surface area contributed by atoms with Crippen molar-refractivity contribution in [3.05, 3.63) is 47.3 Å². The van der Waals surface area contributed by atoms with Crippen LogP contribution >= 0.6 is 0 Å². The molecule has 3 rings (SSSR count). The van der Waals surface area contributed by atoms with Gasteiger partial charge in [-0.1, -0.05) is 18.2 Å². The molecule has 112 valence electrons. The average molecular weight is 284 g/mol. The molecule has 0 unspecified atom stereocenters. The number of piperazine rings is 1. The van der Waals surface area contributed by atoms with E-state index in [-0.39, 0.29) is 0 Å². The van der Waals surface area contributed by atoms with Crippen molar-refractivity contribution in [2.24, 2.45) is 0 Å². The molecule has 2 aromatic rings. The normalized spacial score (nSPS) is 19.9. The van der Waals surface area contributed by atoms with Crippen molar-refractivity contribution in [1.29, 1.82) is 0 Å². The quantitative estimate of drug-likeness (QED) is 0.939. The number of hydrogen-bond acceptors (Lipinski definition) is 3. The molecule has 2 heterocycles. The molecule has 0 aliphatic carbocycles. The lowest BCUT2D eigenvalue weighted by Gasteiger charge is -2.31. The van der Waals surface area contributed by atoms with E-state index < -0.39 is 0 Å². The fraction of sp³-hybridized carbons (Fsp3) is 0.471. The number of para-hydroxylation sites is 1. The van der Waals surface area contributed by atoms with Crippen LogP contribution in [0, 0.1) is 13.8 Å². The van der Waals surface area contributed by atoms with E-state index in [2.05, 4.69) is 59.9 Å². The van der Waals surface area contributed by atoms with Crippen LogP contribution in [0.2, 0.25) is 0 Å². The maximum absolute atomic E-state index is 4.74. The van der Waals surface area contributed by atoms with Crippen LogP contribution in [0.3, 0.4) is 0 Å². The Labute approximate surface area is 126 Å². The monoisotopic (exact) mass is 284 g/mol. The Kier molecular flexibility index (Phi) is 4.08. The third-order valence-corrected chi connectivity index (χ3v) is 4.28. The summed E-state index contributed by atoms with van der Waals surface area (Å²) in [7, 11) is 0. The molecule has 1 aromatic carbocycles. The predicted octanol–water partition coefficient (Wildman–Crippen LogP) is 2.28. The van der Waals surface area contributed by atoms with Crippen LogP contribution in [0.1, 0.15) is 23.9 Å². The Morgan fingerprint density at radius 3 is 2.71 bits per heavy atom. The number of nitrogens with zero attached hydrogens (tertiary/aromatic N) is 3. The standard InChI is InChI=1S/C17H24N4/c1-13-11-20(10-9-18-13)12-17-14(2)19-21(15(17)3)16-7-5-4-6-8-16/h4-8,13,18H,9-12H2,1-3H3/t13-/m1/s1. The van der Waals surface area contributed by atoms with Gasteiger partial charge in [-0.25, -0.2) is 4.68 Å². The van der Waals surface area contributed by atoms with Crippen LogP contribution in [0.4, 0.5) is 0 Å². The molecule has 0 bridgehead atoms. The van der Waals surface area contributed by atoms with E-state index >= 15 is 0 Å². The summed E-state index contributed by atoms with van der Waals surface area (Å²) >= 11 is 0. The van der Waals surface area contributed by atoms with Crippen molar-refractivity contribution < 1.29 is 0 Å². The zero-order valence-corrected chi connectivity index (χ0v) is 13.1. The highest BCUT2D eigenvalue weighted by atomic mass is 15.3. The first kappa shape index (κ1) is 14.3. The maximum Gasteiger partial charge on any atom is 0.0648 e. The Hall–Kier alpha value is -1.65. The van der Waals surface area contributed by atoms with E-state index in [0.717, 1.165) is 37.6 Å². The number of nitrogens with one attached hydrogen (secondary N) is 1. The van der Waals surface area contributed by atoms with Crippen molar-refractivity contribution in [1.82, 2.24) is 20.0 Å². The molecule has 1 atom stereocenters. The topological polar surface area (TPSA) is 33.1 Å². The van der Waals surface area contributed by atoms with Crippen molar-refractivity contribution in [2.75, 3.05) is 19.6 Å². The smallest absolute Gasteiger partial charge is 0.0648 e. The maximum atomic E-state index is 4.74. The van der Waals surface area contributed by atoms with Crippen LogP contribution in [-0.4, -0.2) is 40.4 Å². The number of aryl methyl sites for hydroxylation is 1. The van der Waals surface area contributed by atoms with Gasteiger partial charge in [0.2, 0.25) is 0 Å². The van der Waals surface area contributed by atoms with Gasteiger partial charge in [0.15, 0.2) is 0 Å². The number of benzene rings is 1. The fourth-order valence-electron chi connectivity index (χ4n) is 3.10. The van der Waals surface area contributed by atoms with E-state index in [4.69, 9.17) is 5.10 Å². The number of hydrogen-bond donors (Lipinski definition) is 1. The Balaban J connectivity index is 1.85. The third-order valence-electron chi connectivity index (χ3n) is 4.28. The Morgan fingerprint density at radius 1 is 1.24 bits per heavy atom. The molecule has 21 heavy (non-hydrogen) atoms. The minimum absolute atomic E-state index is 0.573. The molecule has 1 saturated heterocycles. The summed E-state index contributed by atoms with van der Waals surface area (Å²) in [6.45, 7) is 10.8. The van der Waals surface area contributed by atoms with E-state index in [1.165, 1.54) is 11.3 Å². The predicted molar refractivity (Wildman–Crippen MR) is 85.8 cm³/mol. The van der Waals surface area contributed by atoms with Crippen LogP contribution in [-0.2, 0) is 6.54 Å². The van der Waals surface area contributed by atoms with Crippen LogP contribution < -0.4 is 5.32 Å². The lowest BCUT2D eigenvalue weighted by Crippen LogP contribution is -2.48. The van der Waals surface area contributed by atoms with Crippen LogP contribution in [0.25, 0.3) is 5.69 Å². The second-order valence-electron chi connectivity index (χ2n) is 5.99. The summed E-state index contributed by atoms with van der Waals surface area (Å²) in [5, 5.41) is 8.23. The van der Waals surface area contributed by atoms with E-state index in [1.807, 2.05) is 6.07 Å². The van der Waals surface area contributed by atoms with E-state index in [0.29, 0.717) is 6.04 Å². The number of rotatable bonds is 3. The minimum atomic E-state index is 0.573. The van der Waals surface area contributed by atoms with Gasteiger partial charge in [0.25, 0.3) is 0 Å². The van der Waals surface area contributed by atoms with Gasteiger partial charge in [0.1, 0.15) is 0 Å². The first-order chi connectivity index (χ1) is 10.1. The van der Waals surface area contributed by atoms with Crippen molar-refractivity contribution in [3.8, 4) is 5.69 Å². The van der Waals surface area contributed by atoms with Gasteiger partial charge >= 0.3 is 0 Å². The molecule has 0 radical (unpaired) electrons. The molecular formula is C17H24N4. The summed E-state index contributed by atoms with van der Waals surface area (Å²) in [4.78, 5) is 2.52. The van der Waals surface area contributed by atoms with Gasteiger partial charge in [0.05, 0.1) is 11.4 Å². The zero-order chi connectivity index (χ0) is 14.8. The van der Waals surface area contributed by atoms with Crippen molar-refractivity contribution in [3.63, 3.8) is 0 Å². The largest absolute Gasteiger partial charge is 0.312 e. The van der Waals surface area contributed by atoms with Gasteiger partial charge in [-0.15, -0.1) is 0 Å². The molecule has 1 aliphatic rings. The summed E-state index contributed by atoms with van der Waals surface area (Å²) < 4.78 is 2.07. The molecule has 1 fully saturated rings. The average Bonchev–Trinajstić information content (AvgIpc) is 2.76. The molecule has 1 aliphatic heterocycles. The van der Waals surface area contributed by atoms with Gasteiger partial charge < -0.3 is 5.32 Å². The van der Waals surface area contributed by atoms with Gasteiger partial charge in [-0.3, -0.25) is 4.90 Å². The lowest BCUT2D eigenvalue weighted by atomic mass is 10.1. The molecular weight excluding hydrogens is 260 g/mol. The molecule has 0 amide bonds. The highest BCUT2D eigenvalue weighted by molar-refractivity contribution is 5.36. The first-order valence-corrected chi connectivity index (χ1v) is 7.71. The van der Waals surface area contributed by atoms with E-state index in [1.54, 1.807) is 0 Å². The molecule has 1 aromatic heterocycles. The summed E-state index contributed by atoms with van der Waals surface area (Å²) in [6.07, 6.45) is 0.